The molecule has 1 saturated heterocycles. The molecule has 1 aliphatic rings. The van der Waals surface area contributed by atoms with Gasteiger partial charge >= 0.3 is 5.97 Å². The van der Waals surface area contributed by atoms with Gasteiger partial charge in [-0.3, -0.25) is 0 Å². The van der Waals surface area contributed by atoms with Crippen molar-refractivity contribution in [2.45, 2.75) is 17.9 Å². The van der Waals surface area contributed by atoms with Crippen LogP contribution in [0.3, 0.4) is 0 Å². The topological polar surface area (TPSA) is 88.9 Å². The summed E-state index contributed by atoms with van der Waals surface area (Å²) in [7, 11) is -0.561. The van der Waals surface area contributed by atoms with Crippen molar-refractivity contribution in [1.82, 2.24) is 9.62 Å². The fourth-order valence-corrected chi connectivity index (χ4v) is 3.84. The number of carbonyl (C=O) groups excluding carboxylic acids is 1. The van der Waals surface area contributed by atoms with Gasteiger partial charge in [-0.05, 0) is 32.4 Å². The molecule has 0 unspecified atom stereocenters. The van der Waals surface area contributed by atoms with E-state index < -0.39 is 16.0 Å². The molecule has 0 saturated carbocycles. The number of hydrogen-bond acceptors (Lipinski definition) is 6. The van der Waals surface area contributed by atoms with Crippen molar-refractivity contribution in [3.05, 3.63) is 17.9 Å². The molecule has 0 radical (unpaired) electrons. The average Bonchev–Trinajstić information content (AvgIpc) is 2.98. The van der Waals surface area contributed by atoms with Gasteiger partial charge < -0.3 is 14.5 Å². The van der Waals surface area contributed by atoms with Crippen LogP contribution in [0.15, 0.2) is 21.8 Å². The second-order valence-corrected chi connectivity index (χ2v) is 6.92. The summed E-state index contributed by atoms with van der Waals surface area (Å²) in [6.07, 6.45) is 2.72. The molecule has 0 atom stereocenters. The van der Waals surface area contributed by atoms with E-state index in [9.17, 15) is 13.2 Å². The molecule has 0 aromatic carbocycles. The molecule has 2 heterocycles. The number of ether oxygens (including phenoxy) is 1. The molecule has 1 aromatic rings. The van der Waals surface area contributed by atoms with E-state index in [1.807, 2.05) is 7.05 Å². The molecule has 1 N–H and O–H groups in total. The number of halogens is 1. The van der Waals surface area contributed by atoms with Gasteiger partial charge in [0.1, 0.15) is 6.26 Å². The van der Waals surface area contributed by atoms with Gasteiger partial charge in [0.25, 0.3) is 10.0 Å². The van der Waals surface area contributed by atoms with Crippen LogP contribution in [0, 0.1) is 5.92 Å². The maximum absolute atomic E-state index is 12.4. The van der Waals surface area contributed by atoms with Crippen LogP contribution >= 0.6 is 12.4 Å². The van der Waals surface area contributed by atoms with Gasteiger partial charge in [-0.2, -0.15) is 4.31 Å². The lowest BCUT2D eigenvalue weighted by Gasteiger charge is -2.30. The second kappa shape index (κ2) is 7.96. The summed E-state index contributed by atoms with van der Waals surface area (Å²) in [6.45, 7) is 1.81. The van der Waals surface area contributed by atoms with Crippen molar-refractivity contribution < 1.29 is 22.4 Å². The lowest BCUT2D eigenvalue weighted by Crippen LogP contribution is -2.40. The van der Waals surface area contributed by atoms with E-state index in [2.05, 4.69) is 10.1 Å². The highest BCUT2D eigenvalue weighted by Gasteiger charge is 2.32. The number of rotatable bonds is 5. The third-order valence-electron chi connectivity index (χ3n) is 3.66. The molecule has 7 nitrogen and oxygen atoms in total. The molecule has 1 fully saturated rings. The fraction of sp³-hybridized carbons (Fsp3) is 0.615. The largest absolute Gasteiger partial charge is 0.465 e. The normalized spacial score (nSPS) is 17.0. The number of sulfonamides is 1. The first-order chi connectivity index (χ1) is 9.98. The van der Waals surface area contributed by atoms with Crippen LogP contribution in [-0.4, -0.2) is 52.5 Å². The van der Waals surface area contributed by atoms with E-state index in [1.54, 1.807) is 0 Å². The Bertz CT molecular complexity index is 593. The molecule has 0 bridgehead atoms. The highest BCUT2D eigenvalue weighted by Crippen LogP contribution is 2.24. The van der Waals surface area contributed by atoms with Crippen LogP contribution in [0.25, 0.3) is 0 Å². The minimum absolute atomic E-state index is 0. The summed E-state index contributed by atoms with van der Waals surface area (Å²) < 4.78 is 35.9. The summed E-state index contributed by atoms with van der Waals surface area (Å²) in [5.41, 5.74) is 0.0983. The highest BCUT2D eigenvalue weighted by molar-refractivity contribution is 7.89. The van der Waals surface area contributed by atoms with Gasteiger partial charge in [-0.25, -0.2) is 13.2 Å². The van der Waals surface area contributed by atoms with Crippen molar-refractivity contribution in [1.29, 1.82) is 0 Å². The zero-order valence-corrected chi connectivity index (χ0v) is 14.2. The van der Waals surface area contributed by atoms with Gasteiger partial charge in [0.05, 0.1) is 12.7 Å². The molecule has 0 amide bonds. The van der Waals surface area contributed by atoms with E-state index in [0.717, 1.165) is 25.6 Å². The van der Waals surface area contributed by atoms with Crippen LogP contribution in [0.1, 0.15) is 23.2 Å². The Morgan fingerprint density at radius 2 is 2.09 bits per heavy atom. The van der Waals surface area contributed by atoms with Crippen LogP contribution < -0.4 is 5.32 Å². The van der Waals surface area contributed by atoms with E-state index >= 15 is 0 Å². The van der Waals surface area contributed by atoms with E-state index in [1.165, 1.54) is 17.5 Å². The third kappa shape index (κ3) is 4.01. The lowest BCUT2D eigenvalue weighted by molar-refractivity contribution is 0.0600. The Kier molecular flexibility index (Phi) is 6.86. The zero-order chi connectivity index (χ0) is 15.5. The summed E-state index contributed by atoms with van der Waals surface area (Å²) in [6, 6.07) is 1.21. The Labute approximate surface area is 136 Å². The van der Waals surface area contributed by atoms with Crippen molar-refractivity contribution in [2.75, 3.05) is 33.8 Å². The van der Waals surface area contributed by atoms with Crippen LogP contribution in [-0.2, 0) is 14.8 Å². The quantitative estimate of drug-likeness (QED) is 0.798. The number of nitrogens with one attached hydrogen (secondary N) is 1. The molecule has 2 rings (SSSR count). The molecule has 0 aliphatic carbocycles. The van der Waals surface area contributed by atoms with Crippen molar-refractivity contribution in [2.24, 2.45) is 5.92 Å². The van der Waals surface area contributed by atoms with Crippen molar-refractivity contribution in [3.63, 3.8) is 0 Å². The Morgan fingerprint density at radius 3 is 2.64 bits per heavy atom. The fourth-order valence-electron chi connectivity index (χ4n) is 2.45. The average molecular weight is 353 g/mol. The molecular formula is C13H21ClN2O5S. The number of nitrogens with zero attached hydrogens (tertiary/aromatic N) is 1. The Morgan fingerprint density at radius 1 is 1.45 bits per heavy atom. The second-order valence-electron chi connectivity index (χ2n) is 5.05. The molecule has 126 valence electrons. The molecule has 1 aromatic heterocycles. The number of furan rings is 1. The van der Waals surface area contributed by atoms with Crippen LogP contribution in [0.5, 0.6) is 0 Å². The summed E-state index contributed by atoms with van der Waals surface area (Å²) in [5.74, 6) is -0.128. The van der Waals surface area contributed by atoms with Gasteiger partial charge in [0, 0.05) is 19.2 Å². The molecule has 9 heteroatoms. The van der Waals surface area contributed by atoms with Crippen LogP contribution in [0.4, 0.5) is 0 Å². The first-order valence-corrected chi connectivity index (χ1v) is 8.24. The SMILES string of the molecule is CNCC1CCN(S(=O)(=O)c2cc(C(=O)OC)co2)CC1.Cl. The number of esters is 1. The van der Waals surface area contributed by atoms with Crippen molar-refractivity contribution in [3.8, 4) is 0 Å². The summed E-state index contributed by atoms with van der Waals surface area (Å²) in [5, 5.41) is 2.89. The predicted octanol–water partition coefficient (Wildman–Crippen LogP) is 1.11. The maximum Gasteiger partial charge on any atom is 0.341 e. The number of piperidine rings is 1. The molecule has 1 aliphatic heterocycles. The van der Waals surface area contributed by atoms with E-state index in [0.29, 0.717) is 19.0 Å². The minimum Gasteiger partial charge on any atom is -0.465 e. The first kappa shape index (κ1) is 19.0. The molecule has 22 heavy (non-hydrogen) atoms. The number of methoxy groups -OCH3 is 1. The predicted molar refractivity (Wildman–Crippen MR) is 82.7 cm³/mol. The standard InChI is InChI=1S/C13H20N2O5S.ClH/c1-14-8-10-3-5-15(6-4-10)21(17,18)12-7-11(9-20-12)13(16)19-2;/h7,9-10,14H,3-6,8H2,1-2H3;1H. The molecule has 0 spiro atoms. The third-order valence-corrected chi connectivity index (χ3v) is 5.42. The maximum atomic E-state index is 12.4. The zero-order valence-electron chi connectivity index (χ0n) is 12.6. The minimum atomic E-state index is -3.68. The highest BCUT2D eigenvalue weighted by atomic mass is 35.5. The van der Waals surface area contributed by atoms with Gasteiger partial charge in [-0.15, -0.1) is 12.4 Å². The Balaban J connectivity index is 0.00000242. The Hall–Kier alpha value is -1.09. The van der Waals surface area contributed by atoms with Gasteiger partial charge in [0.15, 0.2) is 0 Å². The molecular weight excluding hydrogens is 332 g/mol. The van der Waals surface area contributed by atoms with Gasteiger partial charge in [-0.1, -0.05) is 0 Å². The first-order valence-electron chi connectivity index (χ1n) is 6.80. The van der Waals surface area contributed by atoms with E-state index in [4.69, 9.17) is 4.42 Å². The lowest BCUT2D eigenvalue weighted by atomic mass is 9.98. The summed E-state index contributed by atoms with van der Waals surface area (Å²) >= 11 is 0. The number of hydrogen-bond donors (Lipinski definition) is 1. The van der Waals surface area contributed by atoms with Gasteiger partial charge in [0.2, 0.25) is 5.09 Å². The monoisotopic (exact) mass is 352 g/mol. The van der Waals surface area contributed by atoms with Crippen molar-refractivity contribution >= 4 is 28.4 Å². The van der Waals surface area contributed by atoms with E-state index in [-0.39, 0.29) is 23.1 Å². The smallest absolute Gasteiger partial charge is 0.341 e. The van der Waals surface area contributed by atoms with Crippen LogP contribution in [0.2, 0.25) is 0 Å². The number of carbonyl (C=O) groups is 1. The summed E-state index contributed by atoms with van der Waals surface area (Å²) in [4.78, 5) is 11.3.